The van der Waals surface area contributed by atoms with Gasteiger partial charge in [-0.25, -0.2) is 4.79 Å². The molecule has 1 rings (SSSR count). The van der Waals surface area contributed by atoms with Gasteiger partial charge in [-0.05, 0) is 30.5 Å². The van der Waals surface area contributed by atoms with Crippen LogP contribution in [0.25, 0.3) is 0 Å². The van der Waals surface area contributed by atoms with Crippen molar-refractivity contribution < 1.29 is 38.4 Å². The number of aryl methyl sites for hydroxylation is 1. The van der Waals surface area contributed by atoms with Gasteiger partial charge in [-0.1, -0.05) is 57.6 Å². The Hall–Kier alpha value is -2.45. The largest absolute Gasteiger partial charge is 0.491 e. The van der Waals surface area contributed by atoms with E-state index in [2.05, 4.69) is 19.1 Å². The van der Waals surface area contributed by atoms with E-state index in [1.54, 1.807) is 0 Å². The molecule has 0 amide bonds. The zero-order valence-corrected chi connectivity index (χ0v) is 20.4. The lowest BCUT2D eigenvalue weighted by Gasteiger charge is -2.09. The summed E-state index contributed by atoms with van der Waals surface area (Å²) in [5.74, 6) is -2.36. The molecule has 0 unspecified atom stereocenters. The second kappa shape index (κ2) is 20.0. The van der Waals surface area contributed by atoms with Crippen LogP contribution in [0.3, 0.4) is 0 Å². The van der Waals surface area contributed by atoms with Gasteiger partial charge in [-0.2, -0.15) is 0 Å². The lowest BCUT2D eigenvalue weighted by molar-refractivity contribution is -0.151. The first-order valence-corrected chi connectivity index (χ1v) is 12.3. The van der Waals surface area contributed by atoms with Crippen LogP contribution in [0.4, 0.5) is 0 Å². The molecule has 192 valence electrons. The van der Waals surface area contributed by atoms with Gasteiger partial charge in [0.05, 0.1) is 32.8 Å². The number of benzene rings is 1. The third-order valence-electron chi connectivity index (χ3n) is 5.15. The number of ether oxygens (including phenoxy) is 4. The van der Waals surface area contributed by atoms with Crippen molar-refractivity contribution in [2.24, 2.45) is 0 Å². The molecule has 34 heavy (non-hydrogen) atoms. The molecule has 0 atom stereocenters. The number of ketones is 1. The van der Waals surface area contributed by atoms with Crippen molar-refractivity contribution in [1.82, 2.24) is 0 Å². The predicted molar refractivity (Wildman–Crippen MR) is 128 cm³/mol. The highest BCUT2D eigenvalue weighted by molar-refractivity contribution is 6.32. The molecule has 0 heterocycles. The topological polar surface area (TPSA) is 108 Å². The third-order valence-corrected chi connectivity index (χ3v) is 5.15. The molecular formula is C26H40O8. The number of carboxylic acid groups (broad SMARTS) is 1. The third kappa shape index (κ3) is 16.2. The first kappa shape index (κ1) is 29.6. The number of esters is 1. The smallest absolute Gasteiger partial charge is 0.372 e. The van der Waals surface area contributed by atoms with Crippen LogP contribution in [0.1, 0.15) is 70.3 Å². The Morgan fingerprint density at radius 3 is 1.97 bits per heavy atom. The van der Waals surface area contributed by atoms with Crippen LogP contribution in [0.2, 0.25) is 0 Å². The lowest BCUT2D eigenvalue weighted by Crippen LogP contribution is -2.17. The number of hydrogen-bond donors (Lipinski definition) is 1. The van der Waals surface area contributed by atoms with Crippen LogP contribution >= 0.6 is 0 Å². The molecule has 0 aliphatic heterocycles. The van der Waals surface area contributed by atoms with E-state index in [4.69, 9.17) is 24.1 Å². The van der Waals surface area contributed by atoms with Crippen molar-refractivity contribution in [2.45, 2.75) is 71.1 Å². The van der Waals surface area contributed by atoms with Crippen LogP contribution in [-0.2, 0) is 35.0 Å². The van der Waals surface area contributed by atoms with Gasteiger partial charge in [0.2, 0.25) is 5.78 Å². The van der Waals surface area contributed by atoms with Crippen molar-refractivity contribution >= 4 is 17.7 Å². The maximum atomic E-state index is 11.4. The number of carboxylic acids is 1. The molecule has 1 aromatic carbocycles. The summed E-state index contributed by atoms with van der Waals surface area (Å²) in [7, 11) is 0. The number of Topliss-reactive ketones (excluding diaryl/α,β-unsaturated/α-hetero) is 1. The number of hydrogen-bond acceptors (Lipinski definition) is 7. The number of carbonyl (C=O) groups excluding carboxylic acids is 2. The summed E-state index contributed by atoms with van der Waals surface area (Å²) in [6, 6.07) is 8.24. The van der Waals surface area contributed by atoms with Crippen LogP contribution in [0.5, 0.6) is 5.75 Å². The standard InChI is InChI=1S/C26H40O8/c1-2-3-4-5-6-7-8-9-22-10-12-23(13-11-22)33-20-18-31-16-17-32-19-21-34-25(28)15-14-24(27)26(29)30/h10-13H,2-9,14-21H2,1H3,(H,29,30). The molecule has 0 radical (unpaired) electrons. The lowest BCUT2D eigenvalue weighted by atomic mass is 10.0. The average molecular weight is 481 g/mol. The summed E-state index contributed by atoms with van der Waals surface area (Å²) >= 11 is 0. The normalized spacial score (nSPS) is 10.7. The molecule has 0 bridgehead atoms. The molecule has 0 fully saturated rings. The highest BCUT2D eigenvalue weighted by atomic mass is 16.6. The molecule has 0 aromatic heterocycles. The molecule has 0 aliphatic rings. The number of rotatable bonds is 22. The fourth-order valence-electron chi connectivity index (χ4n) is 3.19. The van der Waals surface area contributed by atoms with Crippen LogP contribution in [0.15, 0.2) is 24.3 Å². The zero-order valence-electron chi connectivity index (χ0n) is 20.4. The van der Waals surface area contributed by atoms with Crippen molar-refractivity contribution in [2.75, 3.05) is 39.6 Å². The summed E-state index contributed by atoms with van der Waals surface area (Å²) in [5.41, 5.74) is 1.34. The maximum Gasteiger partial charge on any atom is 0.372 e. The van der Waals surface area contributed by atoms with E-state index in [-0.39, 0.29) is 26.1 Å². The van der Waals surface area contributed by atoms with E-state index in [1.807, 2.05) is 12.1 Å². The zero-order chi connectivity index (χ0) is 24.9. The minimum absolute atomic E-state index is 0.0398. The van der Waals surface area contributed by atoms with Gasteiger partial charge in [0, 0.05) is 6.42 Å². The molecule has 0 spiro atoms. The van der Waals surface area contributed by atoms with Gasteiger partial charge in [-0.15, -0.1) is 0 Å². The van der Waals surface area contributed by atoms with E-state index in [1.165, 1.54) is 50.5 Å². The Morgan fingerprint density at radius 1 is 0.735 bits per heavy atom. The predicted octanol–water partition coefficient (Wildman–Crippen LogP) is 4.37. The van der Waals surface area contributed by atoms with E-state index < -0.39 is 17.7 Å². The van der Waals surface area contributed by atoms with Gasteiger partial charge in [-0.3, -0.25) is 9.59 Å². The number of unbranched alkanes of at least 4 members (excludes halogenated alkanes) is 6. The fraction of sp³-hybridized carbons (Fsp3) is 0.654. The minimum atomic E-state index is -1.55. The van der Waals surface area contributed by atoms with E-state index >= 15 is 0 Å². The fourth-order valence-corrected chi connectivity index (χ4v) is 3.19. The Labute approximate surface area is 202 Å². The molecule has 1 aromatic rings. The van der Waals surface area contributed by atoms with E-state index in [9.17, 15) is 14.4 Å². The second-order valence-corrected chi connectivity index (χ2v) is 8.04. The van der Waals surface area contributed by atoms with E-state index in [0.29, 0.717) is 26.4 Å². The quantitative estimate of drug-likeness (QED) is 0.148. The van der Waals surface area contributed by atoms with Crippen molar-refractivity contribution in [3.63, 3.8) is 0 Å². The Balaban J connectivity index is 1.93. The van der Waals surface area contributed by atoms with Crippen LogP contribution in [-0.4, -0.2) is 62.5 Å². The van der Waals surface area contributed by atoms with Gasteiger partial charge >= 0.3 is 11.9 Å². The highest BCUT2D eigenvalue weighted by Crippen LogP contribution is 2.15. The summed E-state index contributed by atoms with van der Waals surface area (Å²) in [4.78, 5) is 32.6. The summed E-state index contributed by atoms with van der Waals surface area (Å²) < 4.78 is 21.3. The van der Waals surface area contributed by atoms with Crippen molar-refractivity contribution in [3.05, 3.63) is 29.8 Å². The first-order chi connectivity index (χ1) is 16.5. The molecule has 8 nitrogen and oxygen atoms in total. The number of aliphatic carboxylic acids is 1. The average Bonchev–Trinajstić information content (AvgIpc) is 2.83. The molecule has 0 aliphatic carbocycles. The van der Waals surface area contributed by atoms with E-state index in [0.717, 1.165) is 12.2 Å². The second-order valence-electron chi connectivity index (χ2n) is 8.04. The van der Waals surface area contributed by atoms with Crippen molar-refractivity contribution in [1.29, 1.82) is 0 Å². The SMILES string of the molecule is CCCCCCCCCc1ccc(OCCOCCOCCOC(=O)CCC(=O)C(=O)O)cc1. The summed E-state index contributed by atoms with van der Waals surface area (Å²) in [5, 5.41) is 8.43. The van der Waals surface area contributed by atoms with Crippen molar-refractivity contribution in [3.8, 4) is 5.75 Å². The molecule has 1 N–H and O–H groups in total. The van der Waals surface area contributed by atoms with Crippen LogP contribution < -0.4 is 4.74 Å². The molecule has 8 heteroatoms. The summed E-state index contributed by atoms with van der Waals surface area (Å²) in [6.07, 6.45) is 9.71. The number of carbonyl (C=O) groups is 3. The maximum absolute atomic E-state index is 11.4. The monoisotopic (exact) mass is 480 g/mol. The Morgan fingerprint density at radius 2 is 1.32 bits per heavy atom. The summed E-state index contributed by atoms with van der Waals surface area (Å²) in [6.45, 7) is 4.11. The molecule has 0 saturated carbocycles. The Bertz CT molecular complexity index is 687. The van der Waals surface area contributed by atoms with Gasteiger partial charge < -0.3 is 24.1 Å². The van der Waals surface area contributed by atoms with Crippen LogP contribution in [0, 0.1) is 0 Å². The van der Waals surface area contributed by atoms with Gasteiger partial charge in [0.1, 0.15) is 19.0 Å². The van der Waals surface area contributed by atoms with Gasteiger partial charge in [0.15, 0.2) is 0 Å². The Kier molecular flexibility index (Phi) is 17.4. The first-order valence-electron chi connectivity index (χ1n) is 12.3. The molecule has 0 saturated heterocycles. The minimum Gasteiger partial charge on any atom is -0.491 e. The van der Waals surface area contributed by atoms with Gasteiger partial charge in [0.25, 0.3) is 0 Å². The molecular weight excluding hydrogens is 440 g/mol. The highest BCUT2D eigenvalue weighted by Gasteiger charge is 2.14.